The summed E-state index contributed by atoms with van der Waals surface area (Å²) in [5.41, 5.74) is 2.87. The quantitative estimate of drug-likeness (QED) is 0.391. The van der Waals surface area contributed by atoms with Gasteiger partial charge in [-0.15, -0.1) is 10.2 Å². The number of aryl methyl sites for hydroxylation is 3. The van der Waals surface area contributed by atoms with Crippen LogP contribution in [0.4, 0.5) is 0 Å². The molecule has 34 heavy (non-hydrogen) atoms. The van der Waals surface area contributed by atoms with E-state index < -0.39 is 0 Å². The largest absolute Gasteiger partial charge is 0.352 e. The molecule has 170 valence electrons. The molecule has 0 bridgehead atoms. The van der Waals surface area contributed by atoms with E-state index in [0.717, 1.165) is 16.6 Å². The number of rotatable bonds is 8. The molecule has 0 unspecified atom stereocenters. The van der Waals surface area contributed by atoms with Gasteiger partial charge >= 0.3 is 0 Å². The summed E-state index contributed by atoms with van der Waals surface area (Å²) >= 11 is 0. The minimum atomic E-state index is -0.0846. The second-order valence-corrected chi connectivity index (χ2v) is 8.22. The minimum absolute atomic E-state index is 0.0534. The Morgan fingerprint density at radius 2 is 1.47 bits per heavy atom. The number of carbonyl (C=O) groups is 1. The molecule has 7 nitrogen and oxygen atoms in total. The van der Waals surface area contributed by atoms with Gasteiger partial charge in [-0.2, -0.15) is 0 Å². The Bertz CT molecular complexity index is 1490. The fourth-order valence-corrected chi connectivity index (χ4v) is 4.17. The standard InChI is InChI=1S/C27H25N5O2/c33-25(28-19-21-11-5-2-6-12-21)16-15-24-29-30-27-31(18-17-20-9-3-1-4-10-20)26(34)22-13-7-8-14-23(22)32(24)27/h1-14H,15-19H2,(H,28,33). The smallest absolute Gasteiger partial charge is 0.262 e. The number of amides is 1. The van der Waals surface area contributed by atoms with Crippen LogP contribution in [0.2, 0.25) is 0 Å². The maximum atomic E-state index is 13.3. The molecule has 0 fully saturated rings. The molecule has 7 heteroatoms. The molecule has 0 aliphatic carbocycles. The summed E-state index contributed by atoms with van der Waals surface area (Å²) in [4.78, 5) is 25.7. The highest BCUT2D eigenvalue weighted by atomic mass is 16.1. The lowest BCUT2D eigenvalue weighted by Crippen LogP contribution is -2.25. The van der Waals surface area contributed by atoms with E-state index in [-0.39, 0.29) is 17.9 Å². The van der Waals surface area contributed by atoms with Crippen molar-refractivity contribution < 1.29 is 4.79 Å². The van der Waals surface area contributed by atoms with Crippen LogP contribution in [0, 0.1) is 0 Å². The summed E-state index contributed by atoms with van der Waals surface area (Å²) in [7, 11) is 0. The zero-order valence-electron chi connectivity index (χ0n) is 18.7. The van der Waals surface area contributed by atoms with Crippen LogP contribution in [0.5, 0.6) is 0 Å². The molecule has 0 saturated heterocycles. The van der Waals surface area contributed by atoms with Crippen LogP contribution >= 0.6 is 0 Å². The summed E-state index contributed by atoms with van der Waals surface area (Å²) in [6.07, 6.45) is 1.41. The van der Waals surface area contributed by atoms with Gasteiger partial charge in [0.15, 0.2) is 0 Å². The molecule has 0 aliphatic heterocycles. The number of nitrogens with one attached hydrogen (secondary N) is 1. The molecule has 2 aromatic heterocycles. The summed E-state index contributed by atoms with van der Waals surface area (Å²) < 4.78 is 3.59. The average molecular weight is 452 g/mol. The monoisotopic (exact) mass is 451 g/mol. The van der Waals surface area contributed by atoms with Crippen LogP contribution in [-0.4, -0.2) is 25.1 Å². The summed E-state index contributed by atoms with van der Waals surface area (Å²) in [6.45, 7) is 0.981. The van der Waals surface area contributed by atoms with Gasteiger partial charge in [-0.1, -0.05) is 72.8 Å². The van der Waals surface area contributed by atoms with Gasteiger partial charge in [0.05, 0.1) is 10.9 Å². The van der Waals surface area contributed by atoms with E-state index >= 15 is 0 Å². The number of hydrogen-bond donors (Lipinski definition) is 1. The highest BCUT2D eigenvalue weighted by Crippen LogP contribution is 2.16. The maximum absolute atomic E-state index is 13.3. The van der Waals surface area contributed by atoms with Crippen LogP contribution in [0.1, 0.15) is 23.4 Å². The molecule has 0 saturated carbocycles. The van der Waals surface area contributed by atoms with Gasteiger partial charge in [-0.3, -0.25) is 18.6 Å². The van der Waals surface area contributed by atoms with Crippen molar-refractivity contribution in [3.05, 3.63) is 112 Å². The number of aromatic nitrogens is 4. The number of fused-ring (bicyclic) bond motifs is 3. The van der Waals surface area contributed by atoms with Crippen molar-refractivity contribution in [2.45, 2.75) is 32.4 Å². The van der Waals surface area contributed by atoms with E-state index in [4.69, 9.17) is 0 Å². The van der Waals surface area contributed by atoms with Gasteiger partial charge in [-0.05, 0) is 29.7 Å². The predicted octanol–water partition coefficient (Wildman–Crippen LogP) is 3.54. The number of nitrogens with zero attached hydrogens (tertiary/aromatic N) is 4. The number of benzene rings is 3. The van der Waals surface area contributed by atoms with Crippen molar-refractivity contribution in [2.24, 2.45) is 0 Å². The number of para-hydroxylation sites is 1. The molecule has 0 atom stereocenters. The van der Waals surface area contributed by atoms with Crippen molar-refractivity contribution in [1.82, 2.24) is 24.5 Å². The first kappa shape index (κ1) is 21.6. The van der Waals surface area contributed by atoms with Gasteiger partial charge < -0.3 is 5.32 Å². The second kappa shape index (κ2) is 9.70. The minimum Gasteiger partial charge on any atom is -0.352 e. The van der Waals surface area contributed by atoms with E-state index in [0.29, 0.717) is 42.9 Å². The van der Waals surface area contributed by atoms with E-state index in [1.807, 2.05) is 89.3 Å². The third kappa shape index (κ3) is 4.45. The summed E-state index contributed by atoms with van der Waals surface area (Å²) in [5.74, 6) is 1.11. The highest BCUT2D eigenvalue weighted by Gasteiger charge is 2.17. The Hall–Kier alpha value is -4.26. The SMILES string of the molecule is O=C(CCc1nnc2n(CCc3ccccc3)c(=O)c3ccccc3n12)NCc1ccccc1. The van der Waals surface area contributed by atoms with Crippen molar-refractivity contribution in [3.63, 3.8) is 0 Å². The van der Waals surface area contributed by atoms with Crippen molar-refractivity contribution >= 4 is 22.6 Å². The fraction of sp³-hybridized carbons (Fsp3) is 0.185. The molecule has 0 aliphatic rings. The topological polar surface area (TPSA) is 81.3 Å². The van der Waals surface area contributed by atoms with Crippen LogP contribution in [-0.2, 0) is 30.7 Å². The van der Waals surface area contributed by atoms with E-state index in [2.05, 4.69) is 15.5 Å². The Morgan fingerprint density at radius 1 is 0.794 bits per heavy atom. The Morgan fingerprint density at radius 3 is 2.24 bits per heavy atom. The lowest BCUT2D eigenvalue weighted by molar-refractivity contribution is -0.121. The van der Waals surface area contributed by atoms with E-state index in [1.54, 1.807) is 4.57 Å². The summed E-state index contributed by atoms with van der Waals surface area (Å²) in [5, 5.41) is 12.3. The molecule has 2 heterocycles. The van der Waals surface area contributed by atoms with Crippen molar-refractivity contribution in [2.75, 3.05) is 0 Å². The number of hydrogen-bond acceptors (Lipinski definition) is 4. The van der Waals surface area contributed by atoms with Gasteiger partial charge in [0.25, 0.3) is 5.56 Å². The second-order valence-electron chi connectivity index (χ2n) is 8.22. The Balaban J connectivity index is 1.41. The molecule has 1 N–H and O–H groups in total. The Labute approximate surface area is 196 Å². The van der Waals surface area contributed by atoms with Gasteiger partial charge in [0.1, 0.15) is 5.82 Å². The zero-order chi connectivity index (χ0) is 23.3. The molecule has 5 aromatic rings. The third-order valence-electron chi connectivity index (χ3n) is 5.95. The van der Waals surface area contributed by atoms with Gasteiger partial charge in [0, 0.05) is 25.9 Å². The zero-order valence-corrected chi connectivity index (χ0v) is 18.7. The number of carbonyl (C=O) groups excluding carboxylic acids is 1. The van der Waals surface area contributed by atoms with Crippen LogP contribution < -0.4 is 10.9 Å². The molecular weight excluding hydrogens is 426 g/mol. The van der Waals surface area contributed by atoms with Crippen molar-refractivity contribution in [1.29, 1.82) is 0 Å². The average Bonchev–Trinajstić information content (AvgIpc) is 3.31. The lowest BCUT2D eigenvalue weighted by atomic mass is 10.1. The molecule has 3 aromatic carbocycles. The van der Waals surface area contributed by atoms with Crippen molar-refractivity contribution in [3.8, 4) is 0 Å². The first-order chi connectivity index (χ1) is 16.7. The summed E-state index contributed by atoms with van der Waals surface area (Å²) in [6, 6.07) is 27.3. The lowest BCUT2D eigenvalue weighted by Gasteiger charge is -2.11. The molecule has 0 spiro atoms. The van der Waals surface area contributed by atoms with Gasteiger partial charge in [0.2, 0.25) is 11.7 Å². The maximum Gasteiger partial charge on any atom is 0.262 e. The van der Waals surface area contributed by atoms with Crippen LogP contribution in [0.25, 0.3) is 16.7 Å². The first-order valence-corrected chi connectivity index (χ1v) is 11.4. The Kier molecular flexibility index (Phi) is 6.16. The molecule has 5 rings (SSSR count). The predicted molar refractivity (Wildman–Crippen MR) is 132 cm³/mol. The molecule has 0 radical (unpaired) electrons. The third-order valence-corrected chi connectivity index (χ3v) is 5.95. The van der Waals surface area contributed by atoms with E-state index in [1.165, 1.54) is 0 Å². The molecule has 1 amide bonds. The molecular formula is C27H25N5O2. The first-order valence-electron chi connectivity index (χ1n) is 11.4. The van der Waals surface area contributed by atoms with Crippen LogP contribution in [0.3, 0.4) is 0 Å². The normalized spacial score (nSPS) is 11.2. The van der Waals surface area contributed by atoms with Crippen LogP contribution in [0.15, 0.2) is 89.7 Å². The fourth-order valence-electron chi connectivity index (χ4n) is 4.17. The van der Waals surface area contributed by atoms with Gasteiger partial charge in [-0.25, -0.2) is 0 Å². The highest BCUT2D eigenvalue weighted by molar-refractivity contribution is 5.80. The van der Waals surface area contributed by atoms with E-state index in [9.17, 15) is 9.59 Å².